The van der Waals surface area contributed by atoms with Crippen molar-refractivity contribution in [1.82, 2.24) is 0 Å². The van der Waals surface area contributed by atoms with E-state index in [1.165, 1.54) is 31.2 Å². The summed E-state index contributed by atoms with van der Waals surface area (Å²) in [7, 11) is 0. The van der Waals surface area contributed by atoms with Gasteiger partial charge in [-0.15, -0.1) is 0 Å². The standard InChI is InChI=1S/C11H11F3O/c1-8(15)7-10(11(12,13)14)9-5-3-2-4-6-9/h2-6,10H,7H2,1H3/t10-/m1/s1. The van der Waals surface area contributed by atoms with Crippen molar-refractivity contribution < 1.29 is 18.0 Å². The second-order valence-corrected chi connectivity index (χ2v) is 3.41. The second kappa shape index (κ2) is 4.47. The molecule has 15 heavy (non-hydrogen) atoms. The highest BCUT2D eigenvalue weighted by Gasteiger charge is 2.41. The molecule has 0 unspecified atom stereocenters. The molecule has 0 radical (unpaired) electrons. The molecule has 1 rings (SSSR count). The van der Waals surface area contributed by atoms with Gasteiger partial charge in [-0.2, -0.15) is 13.2 Å². The lowest BCUT2D eigenvalue weighted by Crippen LogP contribution is -2.22. The van der Waals surface area contributed by atoms with Gasteiger partial charge in [0.05, 0.1) is 5.92 Å². The summed E-state index contributed by atoms with van der Waals surface area (Å²) in [4.78, 5) is 10.8. The van der Waals surface area contributed by atoms with Crippen molar-refractivity contribution in [2.24, 2.45) is 0 Å². The predicted octanol–water partition coefficient (Wildman–Crippen LogP) is 3.31. The van der Waals surface area contributed by atoms with Crippen LogP contribution in [0.2, 0.25) is 0 Å². The summed E-state index contributed by atoms with van der Waals surface area (Å²) >= 11 is 0. The molecular weight excluding hydrogens is 205 g/mol. The highest BCUT2D eigenvalue weighted by Crippen LogP contribution is 2.37. The van der Waals surface area contributed by atoms with Gasteiger partial charge in [-0.25, -0.2) is 0 Å². The molecule has 0 N–H and O–H groups in total. The molecule has 0 aliphatic carbocycles. The summed E-state index contributed by atoms with van der Waals surface area (Å²) in [6.45, 7) is 1.17. The Bertz CT molecular complexity index is 329. The van der Waals surface area contributed by atoms with Crippen molar-refractivity contribution in [3.63, 3.8) is 0 Å². The normalized spacial score (nSPS) is 13.6. The van der Waals surface area contributed by atoms with Crippen molar-refractivity contribution >= 4 is 5.78 Å². The minimum atomic E-state index is -4.37. The number of rotatable bonds is 3. The Balaban J connectivity index is 2.97. The molecule has 0 amide bonds. The van der Waals surface area contributed by atoms with Crippen LogP contribution in [0.25, 0.3) is 0 Å². The lowest BCUT2D eigenvalue weighted by atomic mass is 9.93. The number of carbonyl (C=O) groups excluding carboxylic acids is 1. The van der Waals surface area contributed by atoms with Gasteiger partial charge in [0, 0.05) is 6.42 Å². The smallest absolute Gasteiger partial charge is 0.300 e. The van der Waals surface area contributed by atoms with Gasteiger partial charge in [0.25, 0.3) is 0 Å². The lowest BCUT2D eigenvalue weighted by molar-refractivity contribution is -0.156. The highest BCUT2D eigenvalue weighted by atomic mass is 19.4. The third kappa shape index (κ3) is 3.38. The second-order valence-electron chi connectivity index (χ2n) is 3.41. The summed E-state index contributed by atoms with van der Waals surface area (Å²) in [5.41, 5.74) is 0.139. The highest BCUT2D eigenvalue weighted by molar-refractivity contribution is 5.76. The zero-order chi connectivity index (χ0) is 11.5. The van der Waals surface area contributed by atoms with E-state index < -0.39 is 24.3 Å². The zero-order valence-corrected chi connectivity index (χ0v) is 8.21. The summed E-state index contributed by atoms with van der Waals surface area (Å²) in [6, 6.07) is 7.50. The molecule has 0 aliphatic heterocycles. The van der Waals surface area contributed by atoms with Gasteiger partial charge in [0.15, 0.2) is 0 Å². The van der Waals surface area contributed by atoms with E-state index in [1.54, 1.807) is 6.07 Å². The number of halogens is 3. The first kappa shape index (κ1) is 11.8. The van der Waals surface area contributed by atoms with Gasteiger partial charge >= 0.3 is 6.18 Å². The molecule has 1 aromatic rings. The Morgan fingerprint density at radius 2 is 1.80 bits per heavy atom. The van der Waals surface area contributed by atoms with Crippen LogP contribution in [0.3, 0.4) is 0 Å². The third-order valence-electron chi connectivity index (χ3n) is 2.09. The zero-order valence-electron chi connectivity index (χ0n) is 8.21. The van der Waals surface area contributed by atoms with Crippen LogP contribution in [-0.4, -0.2) is 12.0 Å². The Labute approximate surface area is 85.9 Å². The Morgan fingerprint density at radius 1 is 1.27 bits per heavy atom. The van der Waals surface area contributed by atoms with E-state index in [1.807, 2.05) is 0 Å². The van der Waals surface area contributed by atoms with Gasteiger partial charge in [0.1, 0.15) is 5.78 Å². The van der Waals surface area contributed by atoms with Crippen LogP contribution in [-0.2, 0) is 4.79 Å². The number of hydrogen-bond donors (Lipinski definition) is 0. The SMILES string of the molecule is CC(=O)C[C@H](c1ccccc1)C(F)(F)F. The molecule has 1 aromatic carbocycles. The first-order valence-electron chi connectivity index (χ1n) is 4.52. The average molecular weight is 216 g/mol. The first-order chi connectivity index (χ1) is 6.91. The van der Waals surface area contributed by atoms with Crippen molar-refractivity contribution in [2.75, 3.05) is 0 Å². The van der Waals surface area contributed by atoms with Gasteiger partial charge in [-0.3, -0.25) is 0 Å². The van der Waals surface area contributed by atoms with Gasteiger partial charge in [0.2, 0.25) is 0 Å². The molecule has 0 fully saturated rings. The number of alkyl halides is 3. The number of ketones is 1. The topological polar surface area (TPSA) is 17.1 Å². The number of Topliss-reactive ketones (excluding diaryl/α,β-unsaturated/α-hetero) is 1. The maximum absolute atomic E-state index is 12.6. The van der Waals surface area contributed by atoms with E-state index in [-0.39, 0.29) is 5.56 Å². The number of carbonyl (C=O) groups is 1. The molecule has 0 saturated carbocycles. The van der Waals surface area contributed by atoms with E-state index in [0.29, 0.717) is 0 Å². The fraction of sp³-hybridized carbons (Fsp3) is 0.364. The van der Waals surface area contributed by atoms with Crippen molar-refractivity contribution in [3.05, 3.63) is 35.9 Å². The lowest BCUT2D eigenvalue weighted by Gasteiger charge is -2.19. The monoisotopic (exact) mass is 216 g/mol. The molecular formula is C11H11F3O. The molecule has 1 nitrogen and oxygen atoms in total. The van der Waals surface area contributed by atoms with Crippen LogP contribution in [0, 0.1) is 0 Å². The predicted molar refractivity (Wildman–Crippen MR) is 50.5 cm³/mol. The number of hydrogen-bond acceptors (Lipinski definition) is 1. The summed E-state index contributed by atoms with van der Waals surface area (Å²) < 4.78 is 37.8. The average Bonchev–Trinajstić information content (AvgIpc) is 2.14. The molecule has 0 spiro atoms. The molecule has 1 atom stereocenters. The Kier molecular flexibility index (Phi) is 3.50. The van der Waals surface area contributed by atoms with Gasteiger partial charge < -0.3 is 4.79 Å². The maximum Gasteiger partial charge on any atom is 0.396 e. The molecule has 0 aliphatic rings. The largest absolute Gasteiger partial charge is 0.396 e. The summed E-state index contributed by atoms with van der Waals surface area (Å²) in [5.74, 6) is -2.14. The molecule has 4 heteroatoms. The van der Waals surface area contributed by atoms with Crippen molar-refractivity contribution in [2.45, 2.75) is 25.4 Å². The van der Waals surface area contributed by atoms with Crippen LogP contribution in [0.1, 0.15) is 24.8 Å². The molecule has 0 heterocycles. The molecule has 82 valence electrons. The van der Waals surface area contributed by atoms with E-state index in [2.05, 4.69) is 0 Å². The quantitative estimate of drug-likeness (QED) is 0.757. The Hall–Kier alpha value is -1.32. The molecule has 0 saturated heterocycles. The van der Waals surface area contributed by atoms with Crippen molar-refractivity contribution in [3.8, 4) is 0 Å². The Morgan fingerprint density at radius 3 is 2.20 bits per heavy atom. The van der Waals surface area contributed by atoms with Crippen LogP contribution >= 0.6 is 0 Å². The van der Waals surface area contributed by atoms with Gasteiger partial charge in [-0.05, 0) is 12.5 Å². The summed E-state index contributed by atoms with van der Waals surface area (Å²) in [6.07, 6.45) is -4.86. The van der Waals surface area contributed by atoms with Crippen molar-refractivity contribution in [1.29, 1.82) is 0 Å². The van der Waals surface area contributed by atoms with Crippen LogP contribution in [0.15, 0.2) is 30.3 Å². The van der Waals surface area contributed by atoms with Crippen LogP contribution < -0.4 is 0 Å². The van der Waals surface area contributed by atoms with Gasteiger partial charge in [-0.1, -0.05) is 30.3 Å². The fourth-order valence-electron chi connectivity index (χ4n) is 1.40. The number of benzene rings is 1. The summed E-state index contributed by atoms with van der Waals surface area (Å²) in [5, 5.41) is 0. The van der Waals surface area contributed by atoms with Crippen LogP contribution in [0.4, 0.5) is 13.2 Å². The molecule has 0 aromatic heterocycles. The first-order valence-corrected chi connectivity index (χ1v) is 4.52. The minimum Gasteiger partial charge on any atom is -0.300 e. The molecule has 0 bridgehead atoms. The fourth-order valence-corrected chi connectivity index (χ4v) is 1.40. The van der Waals surface area contributed by atoms with Crippen LogP contribution in [0.5, 0.6) is 0 Å². The minimum absolute atomic E-state index is 0.139. The third-order valence-corrected chi connectivity index (χ3v) is 2.09. The van der Waals surface area contributed by atoms with E-state index in [9.17, 15) is 18.0 Å². The van der Waals surface area contributed by atoms with E-state index >= 15 is 0 Å². The van der Waals surface area contributed by atoms with E-state index in [0.717, 1.165) is 0 Å². The van der Waals surface area contributed by atoms with E-state index in [4.69, 9.17) is 0 Å². The maximum atomic E-state index is 12.6.